The van der Waals surface area contributed by atoms with Gasteiger partial charge in [0.15, 0.2) is 0 Å². The average Bonchev–Trinajstić information content (AvgIpc) is 2.66. The van der Waals surface area contributed by atoms with Crippen molar-refractivity contribution < 1.29 is 24.3 Å². The van der Waals surface area contributed by atoms with E-state index >= 15 is 0 Å². The maximum absolute atomic E-state index is 12.7. The van der Waals surface area contributed by atoms with Gasteiger partial charge in [-0.2, -0.15) is 5.48 Å². The van der Waals surface area contributed by atoms with Crippen molar-refractivity contribution in [3.63, 3.8) is 0 Å². The van der Waals surface area contributed by atoms with Gasteiger partial charge in [-0.05, 0) is 26.2 Å². The Morgan fingerprint density at radius 1 is 1.00 bits per heavy atom. The molecule has 0 fully saturated rings. The van der Waals surface area contributed by atoms with Crippen LogP contribution in [-0.4, -0.2) is 35.8 Å². The fraction of sp³-hybridized carbons (Fsp3) is 0.810. The number of carbonyl (C=O) groups excluding carboxylic acids is 2. The molecule has 1 atom stereocenters. The number of aliphatic hydroxyl groups is 1. The highest BCUT2D eigenvalue weighted by Crippen LogP contribution is 2.25. The lowest BCUT2D eigenvalue weighted by molar-refractivity contribution is -0.170. The van der Waals surface area contributed by atoms with Gasteiger partial charge >= 0.3 is 5.97 Å². The standard InChI is InChI=1S/C21H39NO5/c1-5-7-8-9-10-11-12-13-15-21(6-2,26-17-14-16-23)20(25)22-27-19(24)18(3)4/h23H,3,5-17H2,1-2,4H3,(H,22,25). The van der Waals surface area contributed by atoms with Gasteiger partial charge in [0, 0.05) is 12.2 Å². The molecule has 0 aliphatic heterocycles. The third kappa shape index (κ3) is 11.1. The van der Waals surface area contributed by atoms with Crippen molar-refractivity contribution in [1.82, 2.24) is 5.48 Å². The van der Waals surface area contributed by atoms with Gasteiger partial charge < -0.3 is 14.7 Å². The highest BCUT2D eigenvalue weighted by molar-refractivity contribution is 5.90. The van der Waals surface area contributed by atoms with Crippen LogP contribution in [0.5, 0.6) is 0 Å². The van der Waals surface area contributed by atoms with Crippen molar-refractivity contribution in [2.75, 3.05) is 13.2 Å². The largest absolute Gasteiger partial charge is 0.396 e. The first kappa shape index (κ1) is 25.6. The zero-order chi connectivity index (χ0) is 20.5. The normalized spacial score (nSPS) is 13.0. The van der Waals surface area contributed by atoms with Crippen LogP contribution >= 0.6 is 0 Å². The molecule has 1 amide bonds. The second-order valence-electron chi connectivity index (χ2n) is 7.10. The summed E-state index contributed by atoms with van der Waals surface area (Å²) in [5, 5.41) is 8.99. The molecule has 27 heavy (non-hydrogen) atoms. The van der Waals surface area contributed by atoms with E-state index in [1.165, 1.54) is 39.0 Å². The summed E-state index contributed by atoms with van der Waals surface area (Å²) >= 11 is 0. The number of unbranched alkanes of at least 4 members (excludes halogenated alkanes) is 7. The highest BCUT2D eigenvalue weighted by atomic mass is 16.7. The molecule has 0 aromatic heterocycles. The van der Waals surface area contributed by atoms with Crippen LogP contribution in [-0.2, 0) is 19.2 Å². The Bertz CT molecular complexity index is 438. The maximum Gasteiger partial charge on any atom is 0.358 e. The molecule has 1 unspecified atom stereocenters. The average molecular weight is 386 g/mol. The summed E-state index contributed by atoms with van der Waals surface area (Å²) in [7, 11) is 0. The summed E-state index contributed by atoms with van der Waals surface area (Å²) in [4.78, 5) is 29.0. The summed E-state index contributed by atoms with van der Waals surface area (Å²) in [5.41, 5.74) is 1.38. The van der Waals surface area contributed by atoms with Gasteiger partial charge in [0.25, 0.3) is 5.91 Å². The number of nitrogens with one attached hydrogen (secondary N) is 1. The second-order valence-corrected chi connectivity index (χ2v) is 7.10. The minimum absolute atomic E-state index is 0.00379. The molecule has 6 heteroatoms. The first-order valence-corrected chi connectivity index (χ1v) is 10.4. The van der Waals surface area contributed by atoms with Crippen LogP contribution in [0.4, 0.5) is 0 Å². The zero-order valence-corrected chi connectivity index (χ0v) is 17.5. The molecular formula is C21H39NO5. The minimum atomic E-state index is -1.05. The molecule has 0 aliphatic carbocycles. The minimum Gasteiger partial charge on any atom is -0.396 e. The predicted octanol–water partition coefficient (Wildman–Crippen LogP) is 4.22. The molecule has 0 aromatic rings. The van der Waals surface area contributed by atoms with Gasteiger partial charge in [0.1, 0.15) is 5.60 Å². The van der Waals surface area contributed by atoms with E-state index in [0.29, 0.717) is 19.3 Å². The number of hydroxylamine groups is 1. The molecule has 0 radical (unpaired) electrons. The van der Waals surface area contributed by atoms with Crippen molar-refractivity contribution in [3.8, 4) is 0 Å². The molecule has 0 heterocycles. The van der Waals surface area contributed by atoms with E-state index < -0.39 is 17.5 Å². The smallest absolute Gasteiger partial charge is 0.358 e. The van der Waals surface area contributed by atoms with E-state index in [0.717, 1.165) is 19.3 Å². The first-order valence-electron chi connectivity index (χ1n) is 10.4. The van der Waals surface area contributed by atoms with E-state index in [-0.39, 0.29) is 18.8 Å². The van der Waals surface area contributed by atoms with Crippen LogP contribution < -0.4 is 5.48 Å². The molecule has 0 saturated carbocycles. The lowest BCUT2D eigenvalue weighted by atomic mass is 9.91. The third-order valence-corrected chi connectivity index (χ3v) is 4.68. The fourth-order valence-corrected chi connectivity index (χ4v) is 2.84. The Morgan fingerprint density at radius 3 is 2.11 bits per heavy atom. The Hall–Kier alpha value is -1.40. The summed E-state index contributed by atoms with van der Waals surface area (Å²) < 4.78 is 5.85. The molecular weight excluding hydrogens is 346 g/mol. The van der Waals surface area contributed by atoms with Crippen molar-refractivity contribution in [2.45, 2.75) is 97.0 Å². The molecule has 0 rings (SSSR count). The Labute approximate surface area is 164 Å². The molecule has 0 spiro atoms. The summed E-state index contributed by atoms with van der Waals surface area (Å²) in [6.45, 7) is 9.37. The van der Waals surface area contributed by atoms with E-state index in [1.54, 1.807) is 0 Å². The molecule has 158 valence electrons. The molecule has 0 saturated heterocycles. The van der Waals surface area contributed by atoms with Gasteiger partial charge in [-0.1, -0.05) is 71.8 Å². The van der Waals surface area contributed by atoms with Crippen LogP contribution in [0, 0.1) is 0 Å². The summed E-state index contributed by atoms with van der Waals surface area (Å²) in [5.74, 6) is -1.13. The van der Waals surface area contributed by atoms with Crippen LogP contribution in [0.25, 0.3) is 0 Å². The monoisotopic (exact) mass is 385 g/mol. The van der Waals surface area contributed by atoms with Crippen molar-refractivity contribution in [1.29, 1.82) is 0 Å². The van der Waals surface area contributed by atoms with Crippen LogP contribution in [0.1, 0.15) is 91.4 Å². The SMILES string of the molecule is C=C(C)C(=O)ONC(=O)C(CC)(CCCCCCCCCC)OCCCO. The molecule has 0 aromatic carbocycles. The lowest BCUT2D eigenvalue weighted by Crippen LogP contribution is -2.49. The number of aliphatic hydroxyl groups excluding tert-OH is 1. The van der Waals surface area contributed by atoms with Crippen molar-refractivity contribution >= 4 is 11.9 Å². The number of amides is 1. The quantitative estimate of drug-likeness (QED) is 0.236. The van der Waals surface area contributed by atoms with E-state index in [9.17, 15) is 9.59 Å². The van der Waals surface area contributed by atoms with Crippen molar-refractivity contribution in [3.05, 3.63) is 12.2 Å². The number of carbonyl (C=O) groups is 2. The Kier molecular flexibility index (Phi) is 14.8. The van der Waals surface area contributed by atoms with E-state index in [2.05, 4.69) is 19.0 Å². The predicted molar refractivity (Wildman–Crippen MR) is 107 cm³/mol. The molecule has 0 aliphatic rings. The van der Waals surface area contributed by atoms with Crippen LogP contribution in [0.2, 0.25) is 0 Å². The van der Waals surface area contributed by atoms with Gasteiger partial charge in [-0.15, -0.1) is 0 Å². The number of hydrogen-bond donors (Lipinski definition) is 2. The maximum atomic E-state index is 12.7. The van der Waals surface area contributed by atoms with Gasteiger partial charge in [-0.25, -0.2) is 4.79 Å². The molecule has 2 N–H and O–H groups in total. The Balaban J connectivity index is 4.56. The Morgan fingerprint density at radius 2 is 1.59 bits per heavy atom. The topological polar surface area (TPSA) is 84.9 Å². The first-order chi connectivity index (χ1) is 12.9. The second kappa shape index (κ2) is 15.6. The van der Waals surface area contributed by atoms with Crippen LogP contribution in [0.3, 0.4) is 0 Å². The number of hydrogen-bond acceptors (Lipinski definition) is 5. The van der Waals surface area contributed by atoms with Gasteiger partial charge in [0.05, 0.1) is 6.61 Å². The number of ether oxygens (including phenoxy) is 1. The van der Waals surface area contributed by atoms with E-state index in [1.807, 2.05) is 6.92 Å². The van der Waals surface area contributed by atoms with Crippen molar-refractivity contribution in [2.24, 2.45) is 0 Å². The molecule has 0 bridgehead atoms. The van der Waals surface area contributed by atoms with Crippen LogP contribution in [0.15, 0.2) is 12.2 Å². The highest BCUT2D eigenvalue weighted by Gasteiger charge is 2.38. The van der Waals surface area contributed by atoms with Gasteiger partial charge in [0.2, 0.25) is 0 Å². The third-order valence-electron chi connectivity index (χ3n) is 4.68. The lowest BCUT2D eigenvalue weighted by Gasteiger charge is -2.31. The zero-order valence-electron chi connectivity index (χ0n) is 17.5. The van der Waals surface area contributed by atoms with E-state index in [4.69, 9.17) is 14.7 Å². The van der Waals surface area contributed by atoms with Gasteiger partial charge in [-0.3, -0.25) is 4.79 Å². The summed E-state index contributed by atoms with van der Waals surface area (Å²) in [6.07, 6.45) is 10.8. The number of rotatable bonds is 16. The summed E-state index contributed by atoms with van der Waals surface area (Å²) in [6, 6.07) is 0. The molecule has 6 nitrogen and oxygen atoms in total. The fourth-order valence-electron chi connectivity index (χ4n) is 2.84.